The Hall–Kier alpha value is -1.84. The molecule has 1 rings (SSSR count). The Kier molecular flexibility index (Phi) is 3.23. The Morgan fingerprint density at radius 3 is 2.36 bits per heavy atom. The number of para-hydroxylation sites is 1. The molecular weight excluding hydrogens is 180 g/mol. The molecule has 0 bridgehead atoms. The van der Waals surface area contributed by atoms with Gasteiger partial charge in [0.1, 0.15) is 0 Å². The summed E-state index contributed by atoms with van der Waals surface area (Å²) < 4.78 is 0. The Morgan fingerprint density at radius 1 is 1.14 bits per heavy atom. The van der Waals surface area contributed by atoms with Gasteiger partial charge in [-0.05, 0) is 18.6 Å². The molecule has 0 radical (unpaired) electrons. The Bertz CT molecular complexity index is 361. The average Bonchev–Trinajstić information content (AvgIpc) is 2.20. The first-order chi connectivity index (χ1) is 6.65. The van der Waals surface area contributed by atoms with Crippen molar-refractivity contribution >= 4 is 17.5 Å². The van der Waals surface area contributed by atoms with Crippen molar-refractivity contribution in [3.63, 3.8) is 0 Å². The molecule has 0 saturated carbocycles. The second-order valence-corrected chi connectivity index (χ2v) is 2.85. The number of carbonyl (C=O) groups excluding carboxylic acids is 2. The number of nitrogens with one attached hydrogen (secondary N) is 2. The maximum absolute atomic E-state index is 11.2. The summed E-state index contributed by atoms with van der Waals surface area (Å²) >= 11 is 0. The number of benzene rings is 1. The van der Waals surface area contributed by atoms with Gasteiger partial charge in [0.25, 0.3) is 0 Å². The molecule has 0 aliphatic heterocycles. The van der Waals surface area contributed by atoms with Crippen LogP contribution in [-0.2, 0) is 9.59 Å². The monoisotopic (exact) mass is 192 g/mol. The maximum atomic E-state index is 11.2. The Balaban J connectivity index is 2.75. The number of hydrogen-bond acceptors (Lipinski definition) is 2. The van der Waals surface area contributed by atoms with Gasteiger partial charge in [-0.1, -0.05) is 18.2 Å². The summed E-state index contributed by atoms with van der Waals surface area (Å²) in [6, 6.07) is 7.27. The molecule has 0 saturated heterocycles. The lowest BCUT2D eigenvalue weighted by Crippen LogP contribution is -2.32. The van der Waals surface area contributed by atoms with Crippen LogP contribution in [0.1, 0.15) is 5.56 Å². The molecule has 0 atom stereocenters. The predicted molar refractivity (Wildman–Crippen MR) is 53.9 cm³/mol. The number of anilines is 1. The molecule has 2 amide bonds. The molecule has 0 aromatic heterocycles. The first-order valence-electron chi connectivity index (χ1n) is 4.24. The zero-order valence-corrected chi connectivity index (χ0v) is 8.13. The Labute approximate surface area is 82.3 Å². The van der Waals surface area contributed by atoms with E-state index in [1.807, 2.05) is 19.1 Å². The van der Waals surface area contributed by atoms with Crippen molar-refractivity contribution in [1.29, 1.82) is 0 Å². The SMILES string of the molecule is CNC(=O)C(=O)Nc1ccccc1C. The lowest BCUT2D eigenvalue weighted by molar-refractivity contribution is -0.135. The first kappa shape index (κ1) is 10.2. The fourth-order valence-corrected chi connectivity index (χ4v) is 1.01. The van der Waals surface area contributed by atoms with Gasteiger partial charge in [-0.3, -0.25) is 9.59 Å². The molecule has 0 heterocycles. The highest BCUT2D eigenvalue weighted by atomic mass is 16.2. The summed E-state index contributed by atoms with van der Waals surface area (Å²) in [5, 5.41) is 4.76. The highest BCUT2D eigenvalue weighted by Gasteiger charge is 2.11. The second-order valence-electron chi connectivity index (χ2n) is 2.85. The van der Waals surface area contributed by atoms with E-state index in [1.54, 1.807) is 12.1 Å². The van der Waals surface area contributed by atoms with Gasteiger partial charge in [0.2, 0.25) is 0 Å². The summed E-state index contributed by atoms with van der Waals surface area (Å²) in [6.45, 7) is 1.86. The van der Waals surface area contributed by atoms with Gasteiger partial charge >= 0.3 is 11.8 Å². The second kappa shape index (κ2) is 4.41. The number of amides is 2. The van der Waals surface area contributed by atoms with Gasteiger partial charge in [0.15, 0.2) is 0 Å². The van der Waals surface area contributed by atoms with Crippen molar-refractivity contribution in [2.24, 2.45) is 0 Å². The van der Waals surface area contributed by atoms with E-state index in [9.17, 15) is 9.59 Å². The van der Waals surface area contributed by atoms with Gasteiger partial charge in [0.05, 0.1) is 0 Å². The van der Waals surface area contributed by atoms with Crippen LogP contribution in [-0.4, -0.2) is 18.9 Å². The number of aryl methyl sites for hydroxylation is 1. The van der Waals surface area contributed by atoms with Gasteiger partial charge in [-0.25, -0.2) is 0 Å². The van der Waals surface area contributed by atoms with E-state index >= 15 is 0 Å². The third kappa shape index (κ3) is 2.32. The third-order valence-corrected chi connectivity index (χ3v) is 1.83. The first-order valence-corrected chi connectivity index (χ1v) is 4.24. The largest absolute Gasteiger partial charge is 0.351 e. The minimum atomic E-state index is -0.651. The van der Waals surface area contributed by atoms with Gasteiger partial charge in [-0.2, -0.15) is 0 Å². The molecule has 14 heavy (non-hydrogen) atoms. The summed E-state index contributed by atoms with van der Waals surface area (Å²) in [6.07, 6.45) is 0. The molecule has 0 aliphatic rings. The molecule has 1 aromatic carbocycles. The van der Waals surface area contributed by atoms with E-state index < -0.39 is 11.8 Å². The molecule has 1 aromatic rings. The van der Waals surface area contributed by atoms with E-state index in [0.29, 0.717) is 5.69 Å². The molecule has 0 fully saturated rings. The molecule has 74 valence electrons. The average molecular weight is 192 g/mol. The standard InChI is InChI=1S/C10H12N2O2/c1-7-5-3-4-6-8(7)12-10(14)9(13)11-2/h3-6H,1-2H3,(H,11,13)(H,12,14). The quantitative estimate of drug-likeness (QED) is 0.643. The number of hydrogen-bond donors (Lipinski definition) is 2. The van der Waals surface area contributed by atoms with Crippen molar-refractivity contribution < 1.29 is 9.59 Å². The van der Waals surface area contributed by atoms with Crippen LogP contribution < -0.4 is 10.6 Å². The van der Waals surface area contributed by atoms with Gasteiger partial charge < -0.3 is 10.6 Å². The highest BCUT2D eigenvalue weighted by Crippen LogP contribution is 2.12. The summed E-state index contributed by atoms with van der Waals surface area (Å²) in [5.41, 5.74) is 1.57. The fraction of sp³-hybridized carbons (Fsp3) is 0.200. The molecule has 2 N–H and O–H groups in total. The molecular formula is C10H12N2O2. The predicted octanol–water partition coefficient (Wildman–Crippen LogP) is 0.680. The topological polar surface area (TPSA) is 58.2 Å². The van der Waals surface area contributed by atoms with E-state index in [4.69, 9.17) is 0 Å². The normalized spacial score (nSPS) is 9.29. The Morgan fingerprint density at radius 2 is 1.79 bits per heavy atom. The van der Waals surface area contributed by atoms with Crippen LogP contribution in [0.3, 0.4) is 0 Å². The van der Waals surface area contributed by atoms with E-state index in [1.165, 1.54) is 7.05 Å². The highest BCUT2D eigenvalue weighted by molar-refractivity contribution is 6.39. The lowest BCUT2D eigenvalue weighted by Gasteiger charge is -2.06. The van der Waals surface area contributed by atoms with Crippen LogP contribution in [0.15, 0.2) is 24.3 Å². The molecule has 4 heteroatoms. The summed E-state index contributed by atoms with van der Waals surface area (Å²) in [4.78, 5) is 22.1. The minimum Gasteiger partial charge on any atom is -0.351 e. The fourth-order valence-electron chi connectivity index (χ4n) is 1.01. The zero-order valence-electron chi connectivity index (χ0n) is 8.13. The van der Waals surface area contributed by atoms with Crippen LogP contribution in [0.5, 0.6) is 0 Å². The smallest absolute Gasteiger partial charge is 0.313 e. The molecule has 0 spiro atoms. The molecule has 0 aliphatic carbocycles. The van der Waals surface area contributed by atoms with Crippen molar-refractivity contribution in [3.8, 4) is 0 Å². The maximum Gasteiger partial charge on any atom is 0.313 e. The van der Waals surface area contributed by atoms with Crippen LogP contribution in [0, 0.1) is 6.92 Å². The summed E-state index contributed by atoms with van der Waals surface area (Å²) in [5.74, 6) is -1.30. The minimum absolute atomic E-state index is 0.645. The molecule has 4 nitrogen and oxygen atoms in total. The van der Waals surface area contributed by atoms with Gasteiger partial charge in [-0.15, -0.1) is 0 Å². The van der Waals surface area contributed by atoms with Crippen molar-refractivity contribution in [3.05, 3.63) is 29.8 Å². The van der Waals surface area contributed by atoms with Gasteiger partial charge in [0, 0.05) is 12.7 Å². The number of likely N-dealkylation sites (N-methyl/N-ethyl adjacent to an activating group) is 1. The zero-order chi connectivity index (χ0) is 10.6. The van der Waals surface area contributed by atoms with E-state index in [0.717, 1.165) is 5.56 Å². The van der Waals surface area contributed by atoms with Crippen molar-refractivity contribution in [2.45, 2.75) is 6.92 Å². The third-order valence-electron chi connectivity index (χ3n) is 1.83. The van der Waals surface area contributed by atoms with Crippen molar-refractivity contribution in [1.82, 2.24) is 5.32 Å². The lowest BCUT2D eigenvalue weighted by atomic mass is 10.2. The number of carbonyl (C=O) groups is 2. The van der Waals surface area contributed by atoms with Crippen molar-refractivity contribution in [2.75, 3.05) is 12.4 Å². The van der Waals surface area contributed by atoms with E-state index in [2.05, 4.69) is 10.6 Å². The van der Waals surface area contributed by atoms with Crippen LogP contribution in [0.4, 0.5) is 5.69 Å². The summed E-state index contributed by atoms with van der Waals surface area (Å²) in [7, 11) is 1.42. The number of rotatable bonds is 1. The van der Waals surface area contributed by atoms with Crippen LogP contribution in [0.25, 0.3) is 0 Å². The van der Waals surface area contributed by atoms with Crippen LogP contribution in [0.2, 0.25) is 0 Å². The van der Waals surface area contributed by atoms with Crippen LogP contribution >= 0.6 is 0 Å². The molecule has 0 unspecified atom stereocenters. The van der Waals surface area contributed by atoms with E-state index in [-0.39, 0.29) is 0 Å².